The molecule has 1 aliphatic heterocycles. The number of carbonyl (C=O) groups is 1. The molecule has 13 heavy (non-hydrogen) atoms. The van der Waals surface area contributed by atoms with E-state index >= 15 is 0 Å². The van der Waals surface area contributed by atoms with Crippen LogP contribution in [0.2, 0.25) is 0 Å². The molecule has 0 radical (unpaired) electrons. The molecule has 2 heterocycles. The quantitative estimate of drug-likeness (QED) is 0.671. The lowest BCUT2D eigenvalue weighted by molar-refractivity contribution is 0.0927. The highest BCUT2D eigenvalue weighted by Crippen LogP contribution is 2.12. The minimum absolute atomic E-state index is 0.0459. The molecule has 2 N–H and O–H groups in total. The molecule has 0 aromatic carbocycles. The third-order valence-electron chi connectivity index (χ3n) is 2.51. The highest BCUT2D eigenvalue weighted by molar-refractivity contribution is 5.99. The average Bonchev–Trinajstić information content (AvgIpc) is 2.71. The minimum atomic E-state index is 0.0459. The van der Waals surface area contributed by atoms with Gasteiger partial charge in [-0.25, -0.2) is 0 Å². The summed E-state index contributed by atoms with van der Waals surface area (Å²) in [5, 5.41) is 3.24. The largest absolute Gasteiger partial charge is 0.367 e. The van der Waals surface area contributed by atoms with Crippen molar-refractivity contribution in [3.8, 4) is 0 Å². The lowest BCUT2D eigenvalue weighted by atomic mass is 9.98. The van der Waals surface area contributed by atoms with E-state index in [0.29, 0.717) is 0 Å². The number of hydrogen-bond acceptors (Lipinski definition) is 2. The molecule has 1 fully saturated rings. The van der Waals surface area contributed by atoms with Gasteiger partial charge in [-0.2, -0.15) is 0 Å². The molecule has 1 aromatic heterocycles. The van der Waals surface area contributed by atoms with E-state index in [9.17, 15) is 4.79 Å². The molecule has 1 saturated heterocycles. The Morgan fingerprint density at radius 2 is 2.38 bits per heavy atom. The zero-order chi connectivity index (χ0) is 9.10. The molecule has 1 unspecified atom stereocenters. The second-order valence-electron chi connectivity index (χ2n) is 3.47. The van der Waals surface area contributed by atoms with Gasteiger partial charge >= 0.3 is 0 Å². The van der Waals surface area contributed by atoms with Crippen molar-refractivity contribution in [1.82, 2.24) is 10.3 Å². The van der Waals surface area contributed by atoms with Gasteiger partial charge in [-0.15, -0.1) is 0 Å². The number of hydrogen-bond donors (Lipinski definition) is 2. The van der Waals surface area contributed by atoms with Crippen LogP contribution in [0.1, 0.15) is 29.6 Å². The fourth-order valence-electron chi connectivity index (χ4n) is 1.75. The van der Waals surface area contributed by atoms with E-state index in [1.165, 1.54) is 6.42 Å². The monoisotopic (exact) mass is 178 g/mol. The number of rotatable bonds is 2. The molecule has 0 bridgehead atoms. The summed E-state index contributed by atoms with van der Waals surface area (Å²) in [6.45, 7) is 0.973. The Morgan fingerprint density at radius 3 is 3.00 bits per heavy atom. The first-order chi connectivity index (χ1) is 6.38. The van der Waals surface area contributed by atoms with Gasteiger partial charge in [0, 0.05) is 18.0 Å². The Bertz CT molecular complexity index is 273. The van der Waals surface area contributed by atoms with Gasteiger partial charge in [0.25, 0.3) is 0 Å². The summed E-state index contributed by atoms with van der Waals surface area (Å²) in [6.07, 6.45) is 6.88. The first-order valence-electron chi connectivity index (χ1n) is 4.78. The third-order valence-corrected chi connectivity index (χ3v) is 2.51. The van der Waals surface area contributed by atoms with Gasteiger partial charge in [-0.1, -0.05) is 6.42 Å². The van der Waals surface area contributed by atoms with Gasteiger partial charge in [0.2, 0.25) is 0 Å². The number of Topliss-reactive ketones (excluding diaryl/α,β-unsaturated/α-hetero) is 1. The van der Waals surface area contributed by atoms with Crippen LogP contribution in [-0.4, -0.2) is 23.4 Å². The normalized spacial score (nSPS) is 22.9. The van der Waals surface area contributed by atoms with Gasteiger partial charge in [0.15, 0.2) is 5.78 Å². The maximum Gasteiger partial charge on any atom is 0.181 e. The fourth-order valence-corrected chi connectivity index (χ4v) is 1.75. The van der Waals surface area contributed by atoms with Gasteiger partial charge in [0.05, 0.1) is 6.04 Å². The molecule has 2 rings (SSSR count). The van der Waals surface area contributed by atoms with E-state index in [2.05, 4.69) is 10.3 Å². The van der Waals surface area contributed by atoms with Crippen LogP contribution in [0.15, 0.2) is 18.5 Å². The van der Waals surface area contributed by atoms with E-state index in [1.54, 1.807) is 12.4 Å². The Kier molecular flexibility index (Phi) is 2.45. The number of ketones is 1. The van der Waals surface area contributed by atoms with Crippen molar-refractivity contribution in [3.05, 3.63) is 24.0 Å². The van der Waals surface area contributed by atoms with Crippen LogP contribution in [0.25, 0.3) is 0 Å². The predicted molar refractivity (Wildman–Crippen MR) is 50.8 cm³/mol. The van der Waals surface area contributed by atoms with Crippen molar-refractivity contribution in [3.63, 3.8) is 0 Å². The summed E-state index contributed by atoms with van der Waals surface area (Å²) in [4.78, 5) is 14.7. The van der Waals surface area contributed by atoms with E-state index in [-0.39, 0.29) is 11.8 Å². The SMILES string of the molecule is O=C(c1cc[nH]c1)C1CCCCN1. The highest BCUT2D eigenvalue weighted by Gasteiger charge is 2.21. The van der Waals surface area contributed by atoms with Crippen LogP contribution in [0, 0.1) is 0 Å². The van der Waals surface area contributed by atoms with E-state index in [1.807, 2.05) is 6.07 Å². The molecule has 1 aliphatic rings. The van der Waals surface area contributed by atoms with E-state index in [0.717, 1.165) is 24.9 Å². The summed E-state index contributed by atoms with van der Waals surface area (Å²) < 4.78 is 0. The molecule has 3 nitrogen and oxygen atoms in total. The van der Waals surface area contributed by atoms with Crippen molar-refractivity contribution in [1.29, 1.82) is 0 Å². The van der Waals surface area contributed by atoms with Crippen molar-refractivity contribution in [2.45, 2.75) is 25.3 Å². The van der Waals surface area contributed by atoms with Crippen molar-refractivity contribution < 1.29 is 4.79 Å². The molecule has 70 valence electrons. The number of piperidine rings is 1. The van der Waals surface area contributed by atoms with E-state index in [4.69, 9.17) is 0 Å². The van der Waals surface area contributed by atoms with Crippen LogP contribution in [0.4, 0.5) is 0 Å². The minimum Gasteiger partial charge on any atom is -0.367 e. The smallest absolute Gasteiger partial charge is 0.181 e. The van der Waals surface area contributed by atoms with Crippen molar-refractivity contribution in [2.75, 3.05) is 6.54 Å². The fraction of sp³-hybridized carbons (Fsp3) is 0.500. The van der Waals surface area contributed by atoms with Crippen molar-refractivity contribution >= 4 is 5.78 Å². The molecular formula is C10H14N2O. The van der Waals surface area contributed by atoms with Crippen LogP contribution in [0.3, 0.4) is 0 Å². The summed E-state index contributed by atoms with van der Waals surface area (Å²) >= 11 is 0. The third kappa shape index (κ3) is 1.80. The summed E-state index contributed by atoms with van der Waals surface area (Å²) in [5.74, 6) is 0.223. The number of aromatic amines is 1. The van der Waals surface area contributed by atoms with Crippen LogP contribution in [0.5, 0.6) is 0 Å². The molecule has 0 spiro atoms. The molecule has 0 saturated carbocycles. The van der Waals surface area contributed by atoms with Gasteiger partial charge in [0.1, 0.15) is 0 Å². The topological polar surface area (TPSA) is 44.9 Å². The lowest BCUT2D eigenvalue weighted by Crippen LogP contribution is -2.40. The number of nitrogens with one attached hydrogen (secondary N) is 2. The highest BCUT2D eigenvalue weighted by atomic mass is 16.1. The second-order valence-corrected chi connectivity index (χ2v) is 3.47. The zero-order valence-corrected chi connectivity index (χ0v) is 7.55. The zero-order valence-electron chi connectivity index (χ0n) is 7.55. The first kappa shape index (κ1) is 8.51. The Labute approximate surface area is 77.5 Å². The summed E-state index contributed by atoms with van der Waals surface area (Å²) in [6, 6.07) is 1.88. The summed E-state index contributed by atoms with van der Waals surface area (Å²) in [7, 11) is 0. The maximum atomic E-state index is 11.8. The Balaban J connectivity index is 2.04. The molecule has 1 aromatic rings. The molecule has 3 heteroatoms. The molecule has 1 atom stereocenters. The van der Waals surface area contributed by atoms with E-state index < -0.39 is 0 Å². The Morgan fingerprint density at radius 1 is 1.46 bits per heavy atom. The molecule has 0 aliphatic carbocycles. The predicted octanol–water partition coefficient (Wildman–Crippen LogP) is 1.34. The van der Waals surface area contributed by atoms with Gasteiger partial charge < -0.3 is 10.3 Å². The van der Waals surface area contributed by atoms with Crippen molar-refractivity contribution in [2.24, 2.45) is 0 Å². The van der Waals surface area contributed by atoms with Crippen LogP contribution < -0.4 is 5.32 Å². The average molecular weight is 178 g/mol. The van der Waals surface area contributed by atoms with Gasteiger partial charge in [-0.05, 0) is 25.5 Å². The summed E-state index contributed by atoms with van der Waals surface area (Å²) in [5.41, 5.74) is 0.791. The van der Waals surface area contributed by atoms with Crippen LogP contribution >= 0.6 is 0 Å². The second kappa shape index (κ2) is 3.75. The standard InChI is InChI=1S/C10H14N2O/c13-10(8-4-6-11-7-8)9-3-1-2-5-12-9/h4,6-7,9,11-12H,1-3,5H2. The van der Waals surface area contributed by atoms with Gasteiger partial charge in [-0.3, -0.25) is 4.79 Å². The number of carbonyl (C=O) groups excluding carboxylic acids is 1. The number of aromatic nitrogens is 1. The molecule has 0 amide bonds. The Hall–Kier alpha value is -1.09. The molecular weight excluding hydrogens is 164 g/mol. The number of H-pyrrole nitrogens is 1. The first-order valence-corrected chi connectivity index (χ1v) is 4.78. The maximum absolute atomic E-state index is 11.8. The van der Waals surface area contributed by atoms with Crippen LogP contribution in [-0.2, 0) is 0 Å². The lowest BCUT2D eigenvalue weighted by Gasteiger charge is -2.21.